The van der Waals surface area contributed by atoms with Gasteiger partial charge in [0, 0.05) is 13.1 Å². The quantitative estimate of drug-likeness (QED) is 0.105. The standard InChI is InChI=1S/C43H56N8O6/c1-6-22-48-39(53)33-37(46-41(48)56-31-20-12-18-29(24-31)26(3)52)50(35(44-33)27-14-8-9-15-27)51-36(28-16-10-11-17-28)45-34-38(51)47-42(49(23-7-2)40(34)54)57-32-21-13-19-30(25-32)43(4,5)55/h12-13,18-21,24-28,35-36,44-45,52,55H,6-11,14-17,22-23H2,1-5H3. The van der Waals surface area contributed by atoms with Crippen molar-refractivity contribution < 1.29 is 19.7 Å². The number of aliphatic hydroxyl groups excluding tert-OH is 1. The lowest BCUT2D eigenvalue weighted by molar-refractivity contribution is 0.0783. The maximum absolute atomic E-state index is 14.7. The van der Waals surface area contributed by atoms with Crippen LogP contribution in [0.1, 0.15) is 116 Å². The zero-order chi connectivity index (χ0) is 40.0. The molecule has 2 aliphatic carbocycles. The second kappa shape index (κ2) is 15.7. The van der Waals surface area contributed by atoms with Gasteiger partial charge in [-0.3, -0.25) is 18.7 Å². The van der Waals surface area contributed by atoms with E-state index in [4.69, 9.17) is 19.4 Å². The minimum Gasteiger partial charge on any atom is -0.425 e. The minimum absolute atomic E-state index is 0.144. The summed E-state index contributed by atoms with van der Waals surface area (Å²) in [6.45, 7) is 9.94. The predicted molar refractivity (Wildman–Crippen MR) is 220 cm³/mol. The van der Waals surface area contributed by atoms with E-state index in [0.717, 1.165) is 51.4 Å². The molecule has 4 aliphatic rings. The smallest absolute Gasteiger partial charge is 0.306 e. The molecular weight excluding hydrogens is 725 g/mol. The second-order valence-corrected chi connectivity index (χ2v) is 16.6. The molecule has 0 amide bonds. The Balaban J connectivity index is 1.31. The number of fused-ring (bicyclic) bond motifs is 2. The number of ether oxygens (including phenoxy) is 2. The molecule has 14 heteroatoms. The third-order valence-electron chi connectivity index (χ3n) is 11.9. The number of rotatable bonds is 13. The van der Waals surface area contributed by atoms with Crippen molar-refractivity contribution in [3.05, 3.63) is 80.4 Å². The molecule has 14 nitrogen and oxygen atoms in total. The fraction of sp³-hybridized carbons (Fsp3) is 0.535. The molecule has 3 unspecified atom stereocenters. The van der Waals surface area contributed by atoms with Crippen molar-refractivity contribution in [1.82, 2.24) is 19.1 Å². The van der Waals surface area contributed by atoms with Crippen molar-refractivity contribution in [3.8, 4) is 23.5 Å². The number of nitrogens with zero attached hydrogens (tertiary/aromatic N) is 6. The number of anilines is 4. The van der Waals surface area contributed by atoms with E-state index in [1.807, 2.05) is 38.1 Å². The van der Waals surface area contributed by atoms with Crippen LogP contribution in [0.4, 0.5) is 23.0 Å². The molecule has 2 aromatic heterocycles. The first-order chi connectivity index (χ1) is 27.5. The molecule has 57 heavy (non-hydrogen) atoms. The van der Waals surface area contributed by atoms with Gasteiger partial charge in [-0.25, -0.2) is 10.0 Å². The maximum atomic E-state index is 14.7. The minimum atomic E-state index is -1.10. The second-order valence-electron chi connectivity index (χ2n) is 16.6. The summed E-state index contributed by atoms with van der Waals surface area (Å²) in [7, 11) is 0. The molecule has 8 rings (SSSR count). The van der Waals surface area contributed by atoms with Crippen LogP contribution in [0.2, 0.25) is 0 Å². The molecule has 0 saturated heterocycles. The number of hydrazine groups is 1. The highest BCUT2D eigenvalue weighted by Crippen LogP contribution is 2.48. The average molecular weight is 781 g/mol. The Morgan fingerprint density at radius 1 is 0.754 bits per heavy atom. The van der Waals surface area contributed by atoms with E-state index in [0.29, 0.717) is 71.6 Å². The monoisotopic (exact) mass is 780 g/mol. The van der Waals surface area contributed by atoms with Crippen molar-refractivity contribution in [1.29, 1.82) is 0 Å². The third kappa shape index (κ3) is 7.33. The van der Waals surface area contributed by atoms with Gasteiger partial charge in [0.1, 0.15) is 35.2 Å². The first-order valence-corrected chi connectivity index (χ1v) is 20.8. The summed E-state index contributed by atoms with van der Waals surface area (Å²) < 4.78 is 16.1. The van der Waals surface area contributed by atoms with Gasteiger partial charge in [0.05, 0.1) is 11.7 Å². The van der Waals surface area contributed by atoms with E-state index in [9.17, 15) is 19.8 Å². The summed E-state index contributed by atoms with van der Waals surface area (Å²) in [5.74, 6) is 2.14. The largest absolute Gasteiger partial charge is 0.425 e. The topological polar surface area (TPSA) is 159 Å². The van der Waals surface area contributed by atoms with Gasteiger partial charge < -0.3 is 30.3 Å². The van der Waals surface area contributed by atoms with E-state index in [2.05, 4.69) is 20.7 Å². The van der Waals surface area contributed by atoms with E-state index in [-0.39, 0.29) is 47.3 Å². The molecule has 0 radical (unpaired) electrons. The number of benzene rings is 2. The SMILES string of the molecule is CCCn1c(Oc2cccc(C(C)O)c2)nc2c(c1=O)NC(C1CCCC1)N2N1c2nc(Oc3cccc(C(C)(C)O)c3)n(CCC)c(=O)c2NC1C1CCCC1. The van der Waals surface area contributed by atoms with Crippen LogP contribution >= 0.6 is 0 Å². The molecule has 304 valence electrons. The van der Waals surface area contributed by atoms with Gasteiger partial charge in [-0.2, -0.15) is 9.97 Å². The Morgan fingerprint density at radius 2 is 1.21 bits per heavy atom. The highest BCUT2D eigenvalue weighted by Gasteiger charge is 2.50. The lowest BCUT2D eigenvalue weighted by Gasteiger charge is -2.42. The van der Waals surface area contributed by atoms with Crippen LogP contribution in [0, 0.1) is 11.8 Å². The summed E-state index contributed by atoms with van der Waals surface area (Å²) in [5.41, 5.74) is 0.571. The average Bonchev–Trinajstić information content (AvgIpc) is 4.01. The number of aromatic nitrogens is 4. The van der Waals surface area contributed by atoms with Crippen molar-refractivity contribution in [3.63, 3.8) is 0 Å². The van der Waals surface area contributed by atoms with Gasteiger partial charge in [-0.05, 0) is 107 Å². The zero-order valence-electron chi connectivity index (χ0n) is 33.7. The van der Waals surface area contributed by atoms with Crippen LogP contribution < -0.4 is 41.2 Å². The van der Waals surface area contributed by atoms with Crippen LogP contribution in [0.15, 0.2) is 58.1 Å². The van der Waals surface area contributed by atoms with Gasteiger partial charge >= 0.3 is 12.0 Å². The molecule has 2 aromatic carbocycles. The van der Waals surface area contributed by atoms with Gasteiger partial charge in [0.15, 0.2) is 11.6 Å². The number of aliphatic hydroxyl groups is 2. The lowest BCUT2D eigenvalue weighted by atomic mass is 9.98. The highest BCUT2D eigenvalue weighted by molar-refractivity contribution is 5.81. The van der Waals surface area contributed by atoms with E-state index < -0.39 is 11.7 Å². The summed E-state index contributed by atoms with van der Waals surface area (Å²) in [5, 5.41) is 32.6. The Morgan fingerprint density at radius 3 is 1.65 bits per heavy atom. The van der Waals surface area contributed by atoms with Gasteiger partial charge in [0.2, 0.25) is 0 Å². The Kier molecular flexibility index (Phi) is 10.7. The van der Waals surface area contributed by atoms with Crippen LogP contribution in [0.25, 0.3) is 0 Å². The first-order valence-electron chi connectivity index (χ1n) is 20.8. The molecule has 2 fully saturated rings. The van der Waals surface area contributed by atoms with Gasteiger partial charge in [-0.15, -0.1) is 0 Å². The van der Waals surface area contributed by atoms with Crippen molar-refractivity contribution in [2.75, 3.05) is 20.7 Å². The Labute approximate surface area is 333 Å². The molecular formula is C43H56N8O6. The van der Waals surface area contributed by atoms with E-state index >= 15 is 0 Å². The maximum Gasteiger partial charge on any atom is 0.306 e. The molecule has 0 bridgehead atoms. The highest BCUT2D eigenvalue weighted by atomic mass is 16.5. The van der Waals surface area contributed by atoms with Crippen molar-refractivity contribution >= 4 is 23.0 Å². The van der Waals surface area contributed by atoms with Crippen LogP contribution in [-0.4, -0.2) is 41.6 Å². The van der Waals surface area contributed by atoms with Crippen LogP contribution in [0.5, 0.6) is 23.5 Å². The Bertz CT molecular complexity index is 2220. The summed E-state index contributed by atoms with van der Waals surface area (Å²) >= 11 is 0. The normalized spacial score (nSPS) is 20.1. The number of nitrogens with one attached hydrogen (secondary N) is 2. The van der Waals surface area contributed by atoms with Crippen LogP contribution in [0.3, 0.4) is 0 Å². The fourth-order valence-electron chi connectivity index (χ4n) is 8.95. The summed E-state index contributed by atoms with van der Waals surface area (Å²) in [6, 6.07) is 14.7. The molecule has 0 spiro atoms. The third-order valence-corrected chi connectivity index (χ3v) is 11.9. The molecule has 4 aromatic rings. The summed E-state index contributed by atoms with van der Waals surface area (Å²) in [4.78, 5) is 39.7. The molecule has 2 aliphatic heterocycles. The van der Waals surface area contributed by atoms with Crippen molar-refractivity contribution in [2.24, 2.45) is 11.8 Å². The van der Waals surface area contributed by atoms with E-state index in [1.165, 1.54) is 0 Å². The zero-order valence-corrected chi connectivity index (χ0v) is 33.7. The fourth-order valence-corrected chi connectivity index (χ4v) is 8.95. The molecule has 2 saturated carbocycles. The van der Waals surface area contributed by atoms with Crippen molar-refractivity contribution in [2.45, 2.75) is 136 Å². The molecule has 3 atom stereocenters. The predicted octanol–water partition coefficient (Wildman–Crippen LogP) is 7.60. The lowest BCUT2D eigenvalue weighted by Crippen LogP contribution is -2.58. The Hall–Kier alpha value is -5.08. The van der Waals surface area contributed by atoms with Gasteiger partial charge in [0.25, 0.3) is 11.1 Å². The van der Waals surface area contributed by atoms with Crippen LogP contribution in [-0.2, 0) is 18.7 Å². The molecule has 4 heterocycles. The number of hydrogen-bond donors (Lipinski definition) is 4. The van der Waals surface area contributed by atoms with E-state index in [1.54, 1.807) is 54.2 Å². The first kappa shape index (κ1) is 38.8. The van der Waals surface area contributed by atoms with Gasteiger partial charge in [-0.1, -0.05) is 63.8 Å². The summed E-state index contributed by atoms with van der Waals surface area (Å²) in [6.07, 6.45) is 8.20. The molecule has 4 N–H and O–H groups in total. The number of hydrogen-bond acceptors (Lipinski definition) is 12.